The van der Waals surface area contributed by atoms with Crippen LogP contribution in [0.3, 0.4) is 0 Å². The van der Waals surface area contributed by atoms with Crippen molar-refractivity contribution in [1.29, 1.82) is 0 Å². The zero-order valence-corrected chi connectivity index (χ0v) is 18.3. The number of sulfonamides is 1. The summed E-state index contributed by atoms with van der Waals surface area (Å²) in [5, 5.41) is 3.82. The standard InChI is InChI=1S/C23H22ClN3O2S/c1-15-10-11-17(12-16(15)2)14-25-23-26-22-19(13-18-6-3-4-8-20(18)24)7-5-9-21(22)30(28,29)27-23/h3-12H,13-14H2,1-2H3,(H2,25,26,27). The van der Waals surface area contributed by atoms with E-state index < -0.39 is 10.0 Å². The highest BCUT2D eigenvalue weighted by Gasteiger charge is 2.28. The van der Waals surface area contributed by atoms with E-state index in [-0.39, 0.29) is 10.9 Å². The molecule has 0 unspecified atom stereocenters. The SMILES string of the molecule is Cc1ccc(CN=C2Nc3c(Cc4ccccc4Cl)cccc3S(=O)(=O)N2)cc1C. The van der Waals surface area contributed by atoms with Crippen LogP contribution in [-0.4, -0.2) is 14.4 Å². The van der Waals surface area contributed by atoms with E-state index in [0.29, 0.717) is 23.7 Å². The number of aryl methyl sites for hydroxylation is 2. The van der Waals surface area contributed by atoms with E-state index in [1.54, 1.807) is 12.1 Å². The maximum absolute atomic E-state index is 12.8. The summed E-state index contributed by atoms with van der Waals surface area (Å²) in [6.45, 7) is 4.47. The molecular formula is C23H22ClN3O2S. The van der Waals surface area contributed by atoms with Crippen LogP contribution in [0.5, 0.6) is 0 Å². The molecule has 7 heteroatoms. The van der Waals surface area contributed by atoms with Gasteiger partial charge in [0, 0.05) is 11.4 Å². The van der Waals surface area contributed by atoms with E-state index in [9.17, 15) is 8.42 Å². The van der Waals surface area contributed by atoms with Gasteiger partial charge in [0.2, 0.25) is 5.96 Å². The van der Waals surface area contributed by atoms with Gasteiger partial charge in [0.25, 0.3) is 10.0 Å². The third kappa shape index (κ3) is 4.20. The first-order chi connectivity index (χ1) is 14.3. The van der Waals surface area contributed by atoms with Gasteiger partial charge in [0.15, 0.2) is 0 Å². The first-order valence-electron chi connectivity index (χ1n) is 9.59. The molecule has 0 radical (unpaired) electrons. The zero-order chi connectivity index (χ0) is 21.3. The number of benzene rings is 3. The molecule has 5 nitrogen and oxygen atoms in total. The Bertz CT molecular complexity index is 1250. The molecule has 0 fully saturated rings. The molecule has 30 heavy (non-hydrogen) atoms. The first kappa shape index (κ1) is 20.4. The fourth-order valence-electron chi connectivity index (χ4n) is 3.41. The summed E-state index contributed by atoms with van der Waals surface area (Å²) < 4.78 is 28.1. The molecule has 4 rings (SSSR count). The Kier molecular flexibility index (Phi) is 5.54. The Morgan fingerprint density at radius 2 is 1.70 bits per heavy atom. The molecule has 0 atom stereocenters. The van der Waals surface area contributed by atoms with Crippen LogP contribution in [0.4, 0.5) is 5.69 Å². The lowest BCUT2D eigenvalue weighted by Crippen LogP contribution is -2.41. The van der Waals surface area contributed by atoms with Gasteiger partial charge in [0.1, 0.15) is 4.90 Å². The summed E-state index contributed by atoms with van der Waals surface area (Å²) in [4.78, 5) is 4.68. The molecule has 1 heterocycles. The molecule has 0 spiro atoms. The van der Waals surface area contributed by atoms with Gasteiger partial charge in [-0.3, -0.25) is 0 Å². The predicted molar refractivity (Wildman–Crippen MR) is 122 cm³/mol. The number of nitrogens with zero attached hydrogens (tertiary/aromatic N) is 1. The van der Waals surface area contributed by atoms with Gasteiger partial charge >= 0.3 is 0 Å². The number of nitrogens with one attached hydrogen (secondary N) is 2. The van der Waals surface area contributed by atoms with Crippen molar-refractivity contribution in [2.45, 2.75) is 31.7 Å². The lowest BCUT2D eigenvalue weighted by molar-refractivity contribution is 0.591. The second-order valence-corrected chi connectivity index (χ2v) is 9.43. The Balaban J connectivity index is 1.67. The van der Waals surface area contributed by atoms with E-state index in [1.807, 2.05) is 49.4 Å². The van der Waals surface area contributed by atoms with Gasteiger partial charge in [-0.2, -0.15) is 0 Å². The van der Waals surface area contributed by atoms with Crippen molar-refractivity contribution < 1.29 is 8.42 Å². The molecular weight excluding hydrogens is 418 g/mol. The third-order valence-corrected chi connectivity index (χ3v) is 6.96. The minimum Gasteiger partial charge on any atom is -0.324 e. The Morgan fingerprint density at radius 1 is 0.933 bits per heavy atom. The summed E-state index contributed by atoms with van der Waals surface area (Å²) in [6, 6.07) is 18.9. The number of guanidine groups is 1. The predicted octanol–water partition coefficient (Wildman–Crippen LogP) is 4.81. The smallest absolute Gasteiger partial charge is 0.266 e. The third-order valence-electron chi connectivity index (χ3n) is 5.21. The number of para-hydroxylation sites is 1. The number of hydrogen-bond acceptors (Lipinski definition) is 3. The Hall–Kier alpha value is -2.83. The highest BCUT2D eigenvalue weighted by atomic mass is 35.5. The fourth-order valence-corrected chi connectivity index (χ4v) is 4.80. The molecule has 3 aromatic rings. The number of rotatable bonds is 4. The van der Waals surface area contributed by atoms with Crippen molar-refractivity contribution >= 4 is 33.3 Å². The number of aliphatic imine (C=N–C) groups is 1. The second-order valence-electron chi connectivity index (χ2n) is 7.37. The molecule has 3 aromatic carbocycles. The lowest BCUT2D eigenvalue weighted by Gasteiger charge is -2.24. The number of hydrogen-bond donors (Lipinski definition) is 2. The van der Waals surface area contributed by atoms with Crippen molar-refractivity contribution in [2.24, 2.45) is 4.99 Å². The number of anilines is 1. The van der Waals surface area contributed by atoms with Gasteiger partial charge in [-0.05, 0) is 53.8 Å². The van der Waals surface area contributed by atoms with Gasteiger partial charge in [-0.1, -0.05) is 60.1 Å². The highest BCUT2D eigenvalue weighted by Crippen LogP contribution is 2.31. The monoisotopic (exact) mass is 439 g/mol. The second kappa shape index (κ2) is 8.13. The lowest BCUT2D eigenvalue weighted by atomic mass is 10.0. The maximum Gasteiger partial charge on any atom is 0.266 e. The molecule has 0 amide bonds. The topological polar surface area (TPSA) is 70.6 Å². The molecule has 154 valence electrons. The van der Waals surface area contributed by atoms with Crippen LogP contribution in [0.1, 0.15) is 27.8 Å². The molecule has 1 aliphatic rings. The summed E-state index contributed by atoms with van der Waals surface area (Å²) in [6.07, 6.45) is 0.510. The van der Waals surface area contributed by atoms with E-state index >= 15 is 0 Å². The van der Waals surface area contributed by atoms with Crippen LogP contribution in [0, 0.1) is 13.8 Å². The average molecular weight is 440 g/mol. The summed E-state index contributed by atoms with van der Waals surface area (Å²) in [5.41, 5.74) is 5.71. The molecule has 0 aromatic heterocycles. The van der Waals surface area contributed by atoms with E-state index in [0.717, 1.165) is 16.7 Å². The fraction of sp³-hybridized carbons (Fsp3) is 0.174. The van der Waals surface area contributed by atoms with Crippen molar-refractivity contribution in [1.82, 2.24) is 4.72 Å². The highest BCUT2D eigenvalue weighted by molar-refractivity contribution is 7.90. The van der Waals surface area contributed by atoms with E-state index in [2.05, 4.69) is 28.0 Å². The molecule has 0 saturated carbocycles. The maximum atomic E-state index is 12.8. The van der Waals surface area contributed by atoms with Crippen LogP contribution in [0.2, 0.25) is 5.02 Å². The zero-order valence-electron chi connectivity index (χ0n) is 16.7. The number of halogens is 1. The van der Waals surface area contributed by atoms with Crippen LogP contribution in [0.15, 0.2) is 70.6 Å². The van der Waals surface area contributed by atoms with Crippen molar-refractivity contribution in [3.8, 4) is 0 Å². The van der Waals surface area contributed by atoms with Gasteiger partial charge in [-0.25, -0.2) is 18.1 Å². The van der Waals surface area contributed by atoms with Crippen molar-refractivity contribution in [3.63, 3.8) is 0 Å². The van der Waals surface area contributed by atoms with E-state index in [4.69, 9.17) is 11.6 Å². The van der Waals surface area contributed by atoms with Crippen LogP contribution < -0.4 is 10.0 Å². The molecule has 0 saturated heterocycles. The minimum atomic E-state index is -3.71. The average Bonchev–Trinajstić information content (AvgIpc) is 2.71. The Morgan fingerprint density at radius 3 is 2.47 bits per heavy atom. The molecule has 0 bridgehead atoms. The van der Waals surface area contributed by atoms with Crippen LogP contribution >= 0.6 is 11.6 Å². The summed E-state index contributed by atoms with van der Waals surface area (Å²) >= 11 is 6.31. The van der Waals surface area contributed by atoms with E-state index in [1.165, 1.54) is 11.1 Å². The first-order valence-corrected chi connectivity index (χ1v) is 11.5. The molecule has 0 aliphatic carbocycles. The van der Waals surface area contributed by atoms with Crippen LogP contribution in [0.25, 0.3) is 0 Å². The largest absolute Gasteiger partial charge is 0.324 e. The van der Waals surface area contributed by atoms with Gasteiger partial charge in [-0.15, -0.1) is 0 Å². The minimum absolute atomic E-state index is 0.206. The quantitative estimate of drug-likeness (QED) is 0.613. The van der Waals surface area contributed by atoms with Gasteiger partial charge < -0.3 is 5.32 Å². The van der Waals surface area contributed by atoms with Gasteiger partial charge in [0.05, 0.1) is 12.2 Å². The van der Waals surface area contributed by atoms with Crippen molar-refractivity contribution in [3.05, 3.63) is 93.5 Å². The molecule has 1 aliphatic heterocycles. The van der Waals surface area contributed by atoms with Crippen LogP contribution in [-0.2, 0) is 23.0 Å². The number of fused-ring (bicyclic) bond motifs is 1. The summed E-state index contributed by atoms with van der Waals surface area (Å²) in [7, 11) is -3.71. The Labute approximate surface area is 181 Å². The van der Waals surface area contributed by atoms with Crippen molar-refractivity contribution in [2.75, 3.05) is 5.32 Å². The molecule has 2 N–H and O–H groups in total. The normalized spacial score (nSPS) is 15.9. The summed E-state index contributed by atoms with van der Waals surface area (Å²) in [5.74, 6) is 0.215.